The van der Waals surface area contributed by atoms with Gasteiger partial charge >= 0.3 is 0 Å². The molecule has 0 fully saturated rings. The Morgan fingerprint density at radius 1 is 1.37 bits per heavy atom. The summed E-state index contributed by atoms with van der Waals surface area (Å²) in [5.41, 5.74) is 7.21. The van der Waals surface area contributed by atoms with Crippen molar-refractivity contribution in [2.24, 2.45) is 16.8 Å². The topological polar surface area (TPSA) is 74.7 Å². The van der Waals surface area contributed by atoms with Gasteiger partial charge in [-0.25, -0.2) is 4.98 Å². The molecule has 5 heteroatoms. The molecule has 19 heavy (non-hydrogen) atoms. The molecule has 0 spiro atoms. The number of rotatable bonds is 5. The fourth-order valence-electron chi connectivity index (χ4n) is 1.97. The number of nitrogens with two attached hydrogens (primary N) is 1. The van der Waals surface area contributed by atoms with Crippen LogP contribution < -0.4 is 10.6 Å². The number of aromatic nitrogens is 1. The third-order valence-corrected chi connectivity index (χ3v) is 2.82. The summed E-state index contributed by atoms with van der Waals surface area (Å²) < 4.78 is 0. The number of anilines is 1. The number of pyridine rings is 1. The smallest absolute Gasteiger partial charge is 0.170 e. The van der Waals surface area contributed by atoms with Crippen LogP contribution in [0.15, 0.2) is 17.3 Å². The van der Waals surface area contributed by atoms with Crippen LogP contribution in [0.25, 0.3) is 0 Å². The molecule has 3 N–H and O–H groups in total. The Bertz CT molecular complexity index is 455. The van der Waals surface area contributed by atoms with Crippen molar-refractivity contribution in [2.75, 3.05) is 11.4 Å². The van der Waals surface area contributed by atoms with Crippen molar-refractivity contribution in [2.45, 2.75) is 40.7 Å². The van der Waals surface area contributed by atoms with E-state index < -0.39 is 0 Å². The van der Waals surface area contributed by atoms with Crippen molar-refractivity contribution in [1.29, 1.82) is 0 Å². The summed E-state index contributed by atoms with van der Waals surface area (Å²) in [5, 5.41) is 11.8. The summed E-state index contributed by atoms with van der Waals surface area (Å²) in [6.07, 6.45) is 0. The molecule has 5 nitrogen and oxygen atoms in total. The zero-order chi connectivity index (χ0) is 14.6. The maximum absolute atomic E-state index is 8.79. The van der Waals surface area contributed by atoms with E-state index in [0.717, 1.165) is 18.1 Å². The number of aryl methyl sites for hydroxylation is 1. The lowest BCUT2D eigenvalue weighted by atomic mass is 10.1. The predicted octanol–water partition coefficient (Wildman–Crippen LogP) is 2.36. The SMILES string of the molecule is Cc1cc(/C(N)=N/O)cc(N(CC(C)C)C(C)C)n1. The van der Waals surface area contributed by atoms with Gasteiger partial charge in [-0.2, -0.15) is 0 Å². The molecule has 1 aromatic heterocycles. The van der Waals surface area contributed by atoms with E-state index in [1.54, 1.807) is 0 Å². The Hall–Kier alpha value is -1.78. The molecule has 0 aliphatic rings. The third-order valence-electron chi connectivity index (χ3n) is 2.82. The first-order valence-electron chi connectivity index (χ1n) is 6.58. The quantitative estimate of drug-likeness (QED) is 0.370. The van der Waals surface area contributed by atoms with Crippen LogP contribution in [-0.2, 0) is 0 Å². The number of hydrogen-bond acceptors (Lipinski definition) is 4. The van der Waals surface area contributed by atoms with Gasteiger partial charge in [0.1, 0.15) is 5.82 Å². The second kappa shape index (κ2) is 6.41. The van der Waals surface area contributed by atoms with Gasteiger partial charge in [0.05, 0.1) is 0 Å². The van der Waals surface area contributed by atoms with Crippen molar-refractivity contribution in [1.82, 2.24) is 4.98 Å². The molecule has 1 heterocycles. The van der Waals surface area contributed by atoms with Gasteiger partial charge in [-0.15, -0.1) is 0 Å². The molecule has 0 radical (unpaired) electrons. The lowest BCUT2D eigenvalue weighted by molar-refractivity contribution is 0.318. The molecule has 0 saturated carbocycles. The van der Waals surface area contributed by atoms with E-state index in [4.69, 9.17) is 10.9 Å². The average molecular weight is 264 g/mol. The number of amidine groups is 1. The minimum atomic E-state index is 0.111. The molecule has 0 aliphatic heterocycles. The maximum atomic E-state index is 8.79. The minimum Gasteiger partial charge on any atom is -0.409 e. The molecule has 1 aromatic rings. The van der Waals surface area contributed by atoms with Gasteiger partial charge in [0.25, 0.3) is 0 Å². The first kappa shape index (κ1) is 15.3. The molecule has 0 amide bonds. The fraction of sp³-hybridized carbons (Fsp3) is 0.571. The summed E-state index contributed by atoms with van der Waals surface area (Å²) in [6, 6.07) is 4.02. The molecule has 0 atom stereocenters. The van der Waals surface area contributed by atoms with Gasteiger partial charge < -0.3 is 15.8 Å². The van der Waals surface area contributed by atoms with E-state index in [9.17, 15) is 0 Å². The van der Waals surface area contributed by atoms with Crippen LogP contribution >= 0.6 is 0 Å². The predicted molar refractivity (Wildman–Crippen MR) is 78.8 cm³/mol. The van der Waals surface area contributed by atoms with Crippen molar-refractivity contribution >= 4 is 11.7 Å². The molecule has 106 valence electrons. The summed E-state index contributed by atoms with van der Waals surface area (Å²) in [4.78, 5) is 6.79. The fourth-order valence-corrected chi connectivity index (χ4v) is 1.97. The van der Waals surface area contributed by atoms with E-state index in [2.05, 4.69) is 42.7 Å². The van der Waals surface area contributed by atoms with Crippen LogP contribution in [0.5, 0.6) is 0 Å². The second-order valence-electron chi connectivity index (χ2n) is 5.48. The van der Waals surface area contributed by atoms with Crippen molar-refractivity contribution in [3.63, 3.8) is 0 Å². The van der Waals surface area contributed by atoms with Crippen LogP contribution in [0.3, 0.4) is 0 Å². The van der Waals surface area contributed by atoms with Crippen molar-refractivity contribution < 1.29 is 5.21 Å². The zero-order valence-corrected chi connectivity index (χ0v) is 12.4. The van der Waals surface area contributed by atoms with Crippen molar-refractivity contribution in [3.8, 4) is 0 Å². The zero-order valence-electron chi connectivity index (χ0n) is 12.4. The Balaban J connectivity index is 3.19. The van der Waals surface area contributed by atoms with Crippen LogP contribution in [0.2, 0.25) is 0 Å². The minimum absolute atomic E-state index is 0.111. The van der Waals surface area contributed by atoms with Crippen LogP contribution in [0.4, 0.5) is 5.82 Å². The first-order chi connectivity index (χ1) is 8.85. The Kier molecular flexibility index (Phi) is 5.15. The van der Waals surface area contributed by atoms with E-state index in [0.29, 0.717) is 17.5 Å². The van der Waals surface area contributed by atoms with Gasteiger partial charge in [0.2, 0.25) is 0 Å². The second-order valence-corrected chi connectivity index (χ2v) is 5.48. The molecule has 0 bridgehead atoms. The molecular formula is C14H24N4O. The first-order valence-corrected chi connectivity index (χ1v) is 6.58. The highest BCUT2D eigenvalue weighted by Crippen LogP contribution is 2.19. The number of nitrogens with zero attached hydrogens (tertiary/aromatic N) is 3. The van der Waals surface area contributed by atoms with Crippen LogP contribution in [-0.4, -0.2) is 28.6 Å². The maximum Gasteiger partial charge on any atom is 0.170 e. The van der Waals surface area contributed by atoms with Gasteiger partial charge in [-0.05, 0) is 38.8 Å². The highest BCUT2D eigenvalue weighted by atomic mass is 16.4. The Labute approximate surface area is 115 Å². The number of hydrogen-bond donors (Lipinski definition) is 2. The highest BCUT2D eigenvalue weighted by molar-refractivity contribution is 5.97. The summed E-state index contributed by atoms with van der Waals surface area (Å²) in [6.45, 7) is 11.5. The van der Waals surface area contributed by atoms with E-state index in [1.807, 2.05) is 19.1 Å². The van der Waals surface area contributed by atoms with Crippen LogP contribution in [0, 0.1) is 12.8 Å². The highest BCUT2D eigenvalue weighted by Gasteiger charge is 2.15. The van der Waals surface area contributed by atoms with Gasteiger partial charge in [0, 0.05) is 23.8 Å². The van der Waals surface area contributed by atoms with Gasteiger partial charge in [-0.1, -0.05) is 19.0 Å². The normalized spacial score (nSPS) is 12.3. The molecule has 0 saturated heterocycles. The lowest BCUT2D eigenvalue weighted by Gasteiger charge is -2.30. The molecule has 1 rings (SSSR count). The summed E-state index contributed by atoms with van der Waals surface area (Å²) in [5.74, 6) is 1.52. The van der Waals surface area contributed by atoms with Crippen LogP contribution in [0.1, 0.15) is 39.0 Å². The molecular weight excluding hydrogens is 240 g/mol. The lowest BCUT2D eigenvalue weighted by Crippen LogP contribution is -2.35. The average Bonchev–Trinajstić information content (AvgIpc) is 2.33. The monoisotopic (exact) mass is 264 g/mol. The van der Waals surface area contributed by atoms with Gasteiger partial charge in [0.15, 0.2) is 5.84 Å². The molecule has 0 unspecified atom stereocenters. The van der Waals surface area contributed by atoms with E-state index >= 15 is 0 Å². The molecule has 0 aliphatic carbocycles. The van der Waals surface area contributed by atoms with Crippen molar-refractivity contribution in [3.05, 3.63) is 23.4 Å². The molecule has 0 aromatic carbocycles. The Morgan fingerprint density at radius 2 is 2.00 bits per heavy atom. The van der Waals surface area contributed by atoms with Gasteiger partial charge in [-0.3, -0.25) is 0 Å². The Morgan fingerprint density at radius 3 is 2.47 bits per heavy atom. The summed E-state index contributed by atoms with van der Waals surface area (Å²) >= 11 is 0. The standard InChI is InChI=1S/C14H24N4O/c1-9(2)8-18(10(3)4)13-7-12(14(15)17-19)6-11(5)16-13/h6-7,9-10,19H,8H2,1-5H3,(H2,15,17). The van der Waals surface area contributed by atoms with E-state index in [-0.39, 0.29) is 5.84 Å². The summed E-state index contributed by atoms with van der Waals surface area (Å²) in [7, 11) is 0. The van der Waals surface area contributed by atoms with E-state index in [1.165, 1.54) is 0 Å². The largest absolute Gasteiger partial charge is 0.409 e. The number of oxime groups is 1. The third kappa shape index (κ3) is 4.12.